The van der Waals surface area contributed by atoms with E-state index < -0.39 is 0 Å². The average molecular weight is 507 g/mol. The van der Waals surface area contributed by atoms with Crippen molar-refractivity contribution in [2.24, 2.45) is 5.41 Å². The Kier molecular flexibility index (Phi) is 6.75. The molecule has 3 unspecified atom stereocenters. The molecule has 8 nitrogen and oxygen atoms in total. The van der Waals surface area contributed by atoms with E-state index in [1.807, 2.05) is 24.3 Å². The summed E-state index contributed by atoms with van der Waals surface area (Å²) in [4.78, 5) is 7.81. The van der Waals surface area contributed by atoms with Gasteiger partial charge in [0, 0.05) is 56.4 Å². The first-order chi connectivity index (χ1) is 18.0. The summed E-state index contributed by atoms with van der Waals surface area (Å²) in [6, 6.07) is 11.0. The van der Waals surface area contributed by atoms with Gasteiger partial charge in [0.1, 0.15) is 5.75 Å². The zero-order valence-corrected chi connectivity index (χ0v) is 22.4. The second kappa shape index (κ2) is 10.0. The van der Waals surface area contributed by atoms with Crippen molar-refractivity contribution in [1.82, 2.24) is 20.0 Å². The first-order valence-electron chi connectivity index (χ1n) is 14.3. The lowest BCUT2D eigenvalue weighted by atomic mass is 9.62. The number of nitrogen functional groups attached to an aromatic ring is 1. The van der Waals surface area contributed by atoms with Gasteiger partial charge in [0.2, 0.25) is 0 Å². The van der Waals surface area contributed by atoms with Crippen molar-refractivity contribution in [3.8, 4) is 17.0 Å². The Morgan fingerprint density at radius 2 is 1.76 bits per heavy atom. The van der Waals surface area contributed by atoms with Gasteiger partial charge in [0.05, 0.1) is 24.1 Å². The van der Waals surface area contributed by atoms with Crippen LogP contribution in [0, 0.1) is 5.41 Å². The number of piperazine rings is 1. The molecule has 4 heterocycles. The number of aromatic hydroxyl groups is 1. The van der Waals surface area contributed by atoms with E-state index in [2.05, 4.69) is 38.7 Å². The molecule has 2 aromatic rings. The van der Waals surface area contributed by atoms with E-state index >= 15 is 0 Å². The summed E-state index contributed by atoms with van der Waals surface area (Å²) < 4.78 is 6.31. The predicted molar refractivity (Wildman–Crippen MR) is 147 cm³/mol. The van der Waals surface area contributed by atoms with Crippen LogP contribution in [0.1, 0.15) is 52.4 Å². The highest BCUT2D eigenvalue weighted by atomic mass is 16.5. The van der Waals surface area contributed by atoms with E-state index in [0.29, 0.717) is 40.7 Å². The molecule has 4 fully saturated rings. The smallest absolute Gasteiger partial charge is 0.169 e. The van der Waals surface area contributed by atoms with E-state index in [0.717, 1.165) is 51.1 Å². The number of hydrogen-bond donors (Lipinski definition) is 2. The van der Waals surface area contributed by atoms with Crippen LogP contribution in [0.2, 0.25) is 0 Å². The molecule has 4 aliphatic rings. The summed E-state index contributed by atoms with van der Waals surface area (Å²) in [5, 5.41) is 18.8. The molecule has 1 saturated carbocycles. The zero-order chi connectivity index (χ0) is 25.6. The van der Waals surface area contributed by atoms with Crippen molar-refractivity contribution in [3.63, 3.8) is 0 Å². The van der Waals surface area contributed by atoms with Crippen LogP contribution in [0.3, 0.4) is 0 Å². The molecule has 1 aliphatic carbocycles. The van der Waals surface area contributed by atoms with E-state index in [-0.39, 0.29) is 5.75 Å². The molecule has 1 aromatic heterocycles. The van der Waals surface area contributed by atoms with Crippen LogP contribution in [0.25, 0.3) is 11.3 Å². The van der Waals surface area contributed by atoms with Crippen LogP contribution < -0.4 is 10.6 Å². The number of aromatic nitrogens is 2. The van der Waals surface area contributed by atoms with Crippen LogP contribution in [0.15, 0.2) is 30.3 Å². The van der Waals surface area contributed by atoms with E-state index in [1.54, 1.807) is 6.07 Å². The first-order valence-corrected chi connectivity index (χ1v) is 14.3. The number of rotatable bonds is 7. The van der Waals surface area contributed by atoms with Gasteiger partial charge in [-0.1, -0.05) is 38.8 Å². The van der Waals surface area contributed by atoms with Crippen molar-refractivity contribution in [3.05, 3.63) is 30.3 Å². The second-order valence-corrected chi connectivity index (χ2v) is 11.8. The Morgan fingerprint density at radius 3 is 2.46 bits per heavy atom. The molecule has 3 saturated heterocycles. The molecule has 1 aromatic carbocycles. The largest absolute Gasteiger partial charge is 0.507 e. The molecule has 8 heteroatoms. The number of anilines is 2. The number of nitrogens with two attached hydrogens (primary N) is 1. The summed E-state index contributed by atoms with van der Waals surface area (Å²) in [5.74, 6) is 0.657. The van der Waals surface area contributed by atoms with Gasteiger partial charge >= 0.3 is 0 Å². The van der Waals surface area contributed by atoms with Gasteiger partial charge in [0.15, 0.2) is 5.82 Å². The topological polar surface area (TPSA) is 91.0 Å². The van der Waals surface area contributed by atoms with Crippen molar-refractivity contribution in [2.45, 2.75) is 76.6 Å². The quantitative estimate of drug-likeness (QED) is 0.587. The van der Waals surface area contributed by atoms with E-state index in [9.17, 15) is 5.11 Å². The number of hydrogen-bond acceptors (Lipinski definition) is 8. The van der Waals surface area contributed by atoms with Crippen molar-refractivity contribution >= 4 is 11.5 Å². The third-order valence-corrected chi connectivity index (χ3v) is 9.89. The highest BCUT2D eigenvalue weighted by molar-refractivity contribution is 5.74. The molecule has 3 aliphatic heterocycles. The maximum Gasteiger partial charge on any atom is 0.169 e. The van der Waals surface area contributed by atoms with Crippen LogP contribution >= 0.6 is 0 Å². The lowest BCUT2D eigenvalue weighted by Crippen LogP contribution is -2.60. The molecule has 0 amide bonds. The zero-order valence-electron chi connectivity index (χ0n) is 22.4. The molecule has 0 spiro atoms. The normalized spacial score (nSPS) is 28.4. The lowest BCUT2D eigenvalue weighted by Gasteiger charge is -2.53. The summed E-state index contributed by atoms with van der Waals surface area (Å²) in [5.41, 5.74) is 9.16. The van der Waals surface area contributed by atoms with E-state index in [4.69, 9.17) is 10.5 Å². The molecule has 200 valence electrons. The Hall–Kier alpha value is -2.42. The van der Waals surface area contributed by atoms with Crippen LogP contribution in [-0.4, -0.2) is 88.7 Å². The number of nitrogens with zero attached hydrogens (tertiary/aromatic N) is 5. The Bertz CT molecular complexity index is 1090. The van der Waals surface area contributed by atoms with Crippen molar-refractivity contribution in [2.75, 3.05) is 50.0 Å². The van der Waals surface area contributed by atoms with Gasteiger partial charge in [-0.3, -0.25) is 9.80 Å². The maximum atomic E-state index is 10.3. The van der Waals surface area contributed by atoms with E-state index in [1.165, 1.54) is 38.5 Å². The molecular weight excluding hydrogens is 464 g/mol. The fourth-order valence-corrected chi connectivity index (χ4v) is 7.40. The minimum Gasteiger partial charge on any atom is -0.507 e. The molecule has 3 atom stereocenters. The second-order valence-electron chi connectivity index (χ2n) is 11.8. The summed E-state index contributed by atoms with van der Waals surface area (Å²) in [6.45, 7) is 10.6. The number of phenolic OH excluding ortho intramolecular Hbond substituents is 1. The van der Waals surface area contributed by atoms with Gasteiger partial charge in [-0.15, -0.1) is 10.2 Å². The molecule has 3 N–H and O–H groups in total. The molecule has 37 heavy (non-hydrogen) atoms. The highest BCUT2D eigenvalue weighted by Gasteiger charge is 2.46. The minimum atomic E-state index is 0.205. The highest BCUT2D eigenvalue weighted by Crippen LogP contribution is 2.49. The number of phenols is 1. The van der Waals surface area contributed by atoms with Crippen molar-refractivity contribution in [1.29, 1.82) is 0 Å². The average Bonchev–Trinajstić information content (AvgIpc) is 3.11. The molecular formula is C29H42N6O2. The summed E-state index contributed by atoms with van der Waals surface area (Å²) >= 11 is 0. The third-order valence-electron chi connectivity index (χ3n) is 9.89. The summed E-state index contributed by atoms with van der Waals surface area (Å²) in [7, 11) is 0. The molecule has 6 rings (SSSR count). The fourth-order valence-electron chi connectivity index (χ4n) is 7.40. The van der Waals surface area contributed by atoms with Crippen molar-refractivity contribution < 1.29 is 9.84 Å². The summed E-state index contributed by atoms with van der Waals surface area (Å²) in [6.07, 6.45) is 8.06. The maximum absolute atomic E-state index is 10.3. The number of morpholine rings is 1. The molecule has 2 bridgehead atoms. The standard InChI is InChI=1S/C29H42N6O2/c1-3-29(4-2)14-22(15-29)33-11-12-37-23(18-33)19-35-20-9-10-21(35)17-34(16-20)26-13-25(31-32-28(26)30)24-7-5-6-8-27(24)36/h5-8,13,20-23,36H,3-4,9-12,14-19H2,1-2H3,(H2,30,32). The Labute approximate surface area is 220 Å². The SMILES string of the molecule is CCC1(CC)CC(N2CCOC(CN3C4CCC3CN(c3cc(-c5ccccc5O)nnc3N)C4)C2)C1. The van der Waals surface area contributed by atoms with Gasteiger partial charge < -0.3 is 20.5 Å². The minimum absolute atomic E-state index is 0.205. The van der Waals surface area contributed by atoms with Gasteiger partial charge in [-0.25, -0.2) is 0 Å². The Balaban J connectivity index is 1.10. The van der Waals surface area contributed by atoms with Crippen LogP contribution in [-0.2, 0) is 4.74 Å². The number of fused-ring (bicyclic) bond motifs is 2. The van der Waals surface area contributed by atoms with Crippen LogP contribution in [0.4, 0.5) is 11.5 Å². The fraction of sp³-hybridized carbons (Fsp3) is 0.655. The number of ether oxygens (including phenoxy) is 1. The molecule has 0 radical (unpaired) electrons. The number of para-hydroxylation sites is 1. The van der Waals surface area contributed by atoms with Crippen LogP contribution in [0.5, 0.6) is 5.75 Å². The van der Waals surface area contributed by atoms with Gasteiger partial charge in [-0.2, -0.15) is 0 Å². The van der Waals surface area contributed by atoms with Gasteiger partial charge in [0.25, 0.3) is 0 Å². The lowest BCUT2D eigenvalue weighted by molar-refractivity contribution is -0.0964. The number of benzene rings is 1. The Morgan fingerprint density at radius 1 is 1.03 bits per heavy atom. The monoisotopic (exact) mass is 506 g/mol. The van der Waals surface area contributed by atoms with Gasteiger partial charge in [-0.05, 0) is 49.3 Å². The third kappa shape index (κ3) is 4.68. The first kappa shape index (κ1) is 24.9. The predicted octanol–water partition coefficient (Wildman–Crippen LogP) is 3.75.